The average molecular weight is 242 g/mol. The summed E-state index contributed by atoms with van der Waals surface area (Å²) in [7, 11) is 0. The summed E-state index contributed by atoms with van der Waals surface area (Å²) >= 11 is 0. The Bertz CT molecular complexity index is 740. The molecule has 5 nitrogen and oxygen atoms in total. The van der Waals surface area contributed by atoms with Gasteiger partial charge in [-0.15, -0.1) is 0 Å². The third-order valence-electron chi connectivity index (χ3n) is 2.94. The minimum Gasteiger partial charge on any atom is -0.475 e. The number of fused-ring (bicyclic) bond motifs is 1. The molecule has 0 fully saturated rings. The Hall–Kier alpha value is -2.56. The van der Waals surface area contributed by atoms with E-state index in [2.05, 4.69) is 10.1 Å². The van der Waals surface area contributed by atoms with Crippen molar-refractivity contribution in [2.45, 2.75) is 6.92 Å². The van der Waals surface area contributed by atoms with Gasteiger partial charge in [-0.3, -0.25) is 0 Å². The highest BCUT2D eigenvalue weighted by atomic mass is 16.5. The standard InChI is InChI=1S/C13H10N2O3/c1-7-11(15-18-12(7)13(16)17)9-2-3-10-8(6-9)4-5-14-10/h2-6,14H,1H3,(H,16,17). The fourth-order valence-electron chi connectivity index (χ4n) is 2.00. The fraction of sp³-hybridized carbons (Fsp3) is 0.0769. The number of carboxylic acid groups (broad SMARTS) is 1. The summed E-state index contributed by atoms with van der Waals surface area (Å²) in [6.07, 6.45) is 1.85. The molecule has 0 aliphatic heterocycles. The van der Waals surface area contributed by atoms with Crippen LogP contribution in [0.25, 0.3) is 22.2 Å². The average Bonchev–Trinajstić information content (AvgIpc) is 2.93. The topological polar surface area (TPSA) is 79.1 Å². The van der Waals surface area contributed by atoms with E-state index < -0.39 is 5.97 Å². The lowest BCUT2D eigenvalue weighted by Gasteiger charge is -1.98. The Balaban J connectivity index is 2.16. The molecular weight excluding hydrogens is 232 g/mol. The predicted octanol–water partition coefficient (Wildman–Crippen LogP) is 2.83. The summed E-state index contributed by atoms with van der Waals surface area (Å²) in [6, 6.07) is 7.71. The van der Waals surface area contributed by atoms with E-state index in [-0.39, 0.29) is 5.76 Å². The summed E-state index contributed by atoms with van der Waals surface area (Å²) in [4.78, 5) is 14.0. The van der Waals surface area contributed by atoms with Gasteiger partial charge >= 0.3 is 5.97 Å². The van der Waals surface area contributed by atoms with Crippen molar-refractivity contribution < 1.29 is 14.4 Å². The Labute approximate surface area is 102 Å². The predicted molar refractivity (Wildman–Crippen MR) is 65.5 cm³/mol. The van der Waals surface area contributed by atoms with Crippen LogP contribution in [0.5, 0.6) is 0 Å². The van der Waals surface area contributed by atoms with Gasteiger partial charge in [0.15, 0.2) is 0 Å². The molecule has 3 aromatic rings. The minimum absolute atomic E-state index is 0.112. The minimum atomic E-state index is -1.10. The van der Waals surface area contributed by atoms with Crippen molar-refractivity contribution in [2.24, 2.45) is 0 Å². The van der Waals surface area contributed by atoms with Gasteiger partial charge in [-0.25, -0.2) is 4.79 Å². The second-order valence-corrected chi connectivity index (χ2v) is 4.07. The number of hydrogen-bond donors (Lipinski definition) is 2. The zero-order valence-electron chi connectivity index (χ0n) is 9.60. The highest BCUT2D eigenvalue weighted by Crippen LogP contribution is 2.27. The molecule has 0 spiro atoms. The molecule has 2 N–H and O–H groups in total. The van der Waals surface area contributed by atoms with E-state index in [9.17, 15) is 4.79 Å². The highest BCUT2D eigenvalue weighted by molar-refractivity contribution is 5.90. The largest absolute Gasteiger partial charge is 0.475 e. The van der Waals surface area contributed by atoms with Crippen LogP contribution in [0.4, 0.5) is 0 Å². The van der Waals surface area contributed by atoms with Crippen molar-refractivity contribution in [2.75, 3.05) is 0 Å². The van der Waals surface area contributed by atoms with E-state index in [4.69, 9.17) is 9.63 Å². The van der Waals surface area contributed by atoms with Crippen LogP contribution in [0.15, 0.2) is 35.0 Å². The maximum atomic E-state index is 10.9. The molecule has 0 atom stereocenters. The molecule has 0 unspecified atom stereocenters. The molecule has 0 aliphatic rings. The van der Waals surface area contributed by atoms with Crippen molar-refractivity contribution in [1.82, 2.24) is 10.1 Å². The van der Waals surface area contributed by atoms with E-state index in [0.717, 1.165) is 16.5 Å². The monoisotopic (exact) mass is 242 g/mol. The molecule has 0 saturated heterocycles. The number of carbonyl (C=O) groups is 1. The number of aromatic amines is 1. The molecule has 0 radical (unpaired) electrons. The molecular formula is C13H10N2O3. The van der Waals surface area contributed by atoms with Gasteiger partial charge in [0.25, 0.3) is 0 Å². The molecule has 2 heterocycles. The lowest BCUT2D eigenvalue weighted by Crippen LogP contribution is -1.95. The SMILES string of the molecule is Cc1c(-c2ccc3[nH]ccc3c2)noc1C(=O)O. The number of nitrogens with one attached hydrogen (secondary N) is 1. The second kappa shape index (κ2) is 3.73. The Morgan fingerprint density at radius 2 is 2.22 bits per heavy atom. The number of hydrogen-bond acceptors (Lipinski definition) is 3. The maximum Gasteiger partial charge on any atom is 0.375 e. The first-order chi connectivity index (χ1) is 8.66. The molecule has 18 heavy (non-hydrogen) atoms. The molecule has 5 heteroatoms. The Morgan fingerprint density at radius 3 is 2.94 bits per heavy atom. The number of aromatic carboxylic acids is 1. The lowest BCUT2D eigenvalue weighted by atomic mass is 10.1. The number of rotatable bonds is 2. The summed E-state index contributed by atoms with van der Waals surface area (Å²) in [5.74, 6) is -1.21. The van der Waals surface area contributed by atoms with Gasteiger partial charge in [-0.05, 0) is 25.1 Å². The van der Waals surface area contributed by atoms with Crippen molar-refractivity contribution in [1.29, 1.82) is 0 Å². The number of carboxylic acids is 1. The van der Waals surface area contributed by atoms with Crippen LogP contribution in [-0.4, -0.2) is 21.2 Å². The normalized spacial score (nSPS) is 10.9. The van der Waals surface area contributed by atoms with E-state index in [1.54, 1.807) is 6.92 Å². The summed E-state index contributed by atoms with van der Waals surface area (Å²) in [5, 5.41) is 13.8. The first-order valence-electron chi connectivity index (χ1n) is 5.44. The zero-order chi connectivity index (χ0) is 12.7. The molecule has 0 aliphatic carbocycles. The summed E-state index contributed by atoms with van der Waals surface area (Å²) < 4.78 is 4.85. The van der Waals surface area contributed by atoms with Crippen molar-refractivity contribution in [3.05, 3.63) is 41.8 Å². The van der Waals surface area contributed by atoms with Crippen LogP contribution in [0, 0.1) is 6.92 Å². The zero-order valence-corrected chi connectivity index (χ0v) is 9.60. The number of aromatic nitrogens is 2. The first kappa shape index (κ1) is 10.6. The van der Waals surface area contributed by atoms with Crippen molar-refractivity contribution in [3.8, 4) is 11.3 Å². The van der Waals surface area contributed by atoms with Crippen LogP contribution < -0.4 is 0 Å². The van der Waals surface area contributed by atoms with Crippen molar-refractivity contribution >= 4 is 16.9 Å². The molecule has 0 bridgehead atoms. The molecule has 0 amide bonds. The van der Waals surface area contributed by atoms with Gasteiger partial charge < -0.3 is 14.6 Å². The van der Waals surface area contributed by atoms with Gasteiger partial charge in [0.2, 0.25) is 5.76 Å². The number of nitrogens with zero attached hydrogens (tertiary/aromatic N) is 1. The summed E-state index contributed by atoms with van der Waals surface area (Å²) in [5.41, 5.74) is 2.97. The van der Waals surface area contributed by atoms with Crippen LogP contribution >= 0.6 is 0 Å². The van der Waals surface area contributed by atoms with Gasteiger partial charge in [0.1, 0.15) is 5.69 Å². The molecule has 0 saturated carbocycles. The second-order valence-electron chi connectivity index (χ2n) is 4.07. The van der Waals surface area contributed by atoms with Crippen LogP contribution in [0.3, 0.4) is 0 Å². The fourth-order valence-corrected chi connectivity index (χ4v) is 2.00. The molecule has 90 valence electrons. The molecule has 1 aromatic carbocycles. The highest BCUT2D eigenvalue weighted by Gasteiger charge is 2.19. The Morgan fingerprint density at radius 1 is 1.39 bits per heavy atom. The van der Waals surface area contributed by atoms with Crippen LogP contribution in [-0.2, 0) is 0 Å². The quantitative estimate of drug-likeness (QED) is 0.724. The van der Waals surface area contributed by atoms with E-state index in [0.29, 0.717) is 11.3 Å². The van der Waals surface area contributed by atoms with Crippen LogP contribution in [0.2, 0.25) is 0 Å². The number of benzene rings is 1. The smallest absolute Gasteiger partial charge is 0.375 e. The van der Waals surface area contributed by atoms with Gasteiger partial charge in [-0.2, -0.15) is 0 Å². The van der Waals surface area contributed by atoms with E-state index in [1.165, 1.54) is 0 Å². The van der Waals surface area contributed by atoms with Gasteiger partial charge in [0.05, 0.1) is 0 Å². The third kappa shape index (κ3) is 1.48. The maximum absolute atomic E-state index is 10.9. The van der Waals surface area contributed by atoms with Crippen molar-refractivity contribution in [3.63, 3.8) is 0 Å². The first-order valence-corrected chi connectivity index (χ1v) is 5.44. The van der Waals surface area contributed by atoms with Gasteiger partial charge in [0, 0.05) is 28.2 Å². The lowest BCUT2D eigenvalue weighted by molar-refractivity contribution is 0.0651. The number of H-pyrrole nitrogens is 1. The van der Waals surface area contributed by atoms with E-state index in [1.807, 2.05) is 30.5 Å². The van der Waals surface area contributed by atoms with E-state index >= 15 is 0 Å². The molecule has 2 aromatic heterocycles. The third-order valence-corrected chi connectivity index (χ3v) is 2.94. The molecule has 3 rings (SSSR count). The summed E-state index contributed by atoms with van der Waals surface area (Å²) in [6.45, 7) is 1.69. The van der Waals surface area contributed by atoms with Gasteiger partial charge in [-0.1, -0.05) is 11.2 Å². The Kier molecular flexibility index (Phi) is 2.19. The van der Waals surface area contributed by atoms with Crippen LogP contribution in [0.1, 0.15) is 16.1 Å².